The number of fused-ring (bicyclic) bond motifs is 1. The molecule has 0 fully saturated rings. The first-order valence-corrected chi connectivity index (χ1v) is 17.1. The van der Waals surface area contributed by atoms with Crippen molar-refractivity contribution >= 4 is 29.8 Å². The van der Waals surface area contributed by atoms with E-state index in [4.69, 9.17) is 28.8 Å². The Balaban J connectivity index is 1.84. The van der Waals surface area contributed by atoms with Crippen LogP contribution in [-0.2, 0) is 46.4 Å². The molecule has 0 spiro atoms. The summed E-state index contributed by atoms with van der Waals surface area (Å²) in [6, 6.07) is 0. The molecule has 0 bridgehead atoms. The summed E-state index contributed by atoms with van der Waals surface area (Å²) in [5.74, 6) is -1.76. The molecular weight excluding hydrogens is 620 g/mol. The topological polar surface area (TPSA) is 152 Å². The van der Waals surface area contributed by atoms with Crippen molar-refractivity contribution in [1.29, 1.82) is 0 Å². The molecular formula is C37H54O11. The van der Waals surface area contributed by atoms with Crippen LogP contribution in [0.4, 0.5) is 0 Å². The van der Waals surface area contributed by atoms with E-state index in [0.717, 1.165) is 56.1 Å². The zero-order valence-corrected chi connectivity index (χ0v) is 29.6. The number of hydrogen-bond donors (Lipinski definition) is 1. The van der Waals surface area contributed by atoms with Crippen molar-refractivity contribution in [3.05, 3.63) is 33.9 Å². The number of hydrogen-bond acceptors (Lipinski definition) is 10. The summed E-state index contributed by atoms with van der Waals surface area (Å²) >= 11 is 0. The average Bonchev–Trinajstić information content (AvgIpc) is 3.44. The van der Waals surface area contributed by atoms with Gasteiger partial charge < -0.3 is 28.8 Å². The van der Waals surface area contributed by atoms with E-state index in [1.54, 1.807) is 0 Å². The van der Waals surface area contributed by atoms with Gasteiger partial charge in [0.25, 0.3) is 0 Å². The Morgan fingerprint density at radius 3 is 2.25 bits per heavy atom. The van der Waals surface area contributed by atoms with Crippen molar-refractivity contribution in [2.45, 2.75) is 124 Å². The first kappa shape index (κ1) is 40.3. The molecule has 2 rings (SSSR count). The van der Waals surface area contributed by atoms with Crippen LogP contribution >= 0.6 is 0 Å². The molecule has 2 atom stereocenters. The lowest BCUT2D eigenvalue weighted by Gasteiger charge is -2.19. The fourth-order valence-corrected chi connectivity index (χ4v) is 5.75. The number of benzene rings is 1. The molecule has 0 saturated heterocycles. The van der Waals surface area contributed by atoms with Gasteiger partial charge in [-0.15, -0.1) is 0 Å². The lowest BCUT2D eigenvalue weighted by molar-refractivity contribution is -0.148. The second kappa shape index (κ2) is 21.2. The van der Waals surface area contributed by atoms with E-state index in [1.807, 2.05) is 33.8 Å². The fraction of sp³-hybridized carbons (Fsp3) is 0.649. The smallest absolute Gasteiger partial charge is 0.342 e. The van der Waals surface area contributed by atoms with Gasteiger partial charge in [-0.25, -0.2) is 4.79 Å². The summed E-state index contributed by atoms with van der Waals surface area (Å²) in [5.41, 5.74) is 3.07. The normalized spacial score (nSPS) is 13.7. The maximum absolute atomic E-state index is 13.0. The van der Waals surface area contributed by atoms with Gasteiger partial charge in [-0.1, -0.05) is 64.0 Å². The van der Waals surface area contributed by atoms with Gasteiger partial charge in [-0.05, 0) is 57.4 Å². The Bertz CT molecular complexity index is 1300. The Labute approximate surface area is 284 Å². The molecule has 0 saturated carbocycles. The van der Waals surface area contributed by atoms with E-state index in [9.17, 15) is 24.0 Å². The Kier molecular flexibility index (Phi) is 17.8. The highest BCUT2D eigenvalue weighted by atomic mass is 16.6. The van der Waals surface area contributed by atoms with Gasteiger partial charge in [0.2, 0.25) is 0 Å². The van der Waals surface area contributed by atoms with Gasteiger partial charge in [0.15, 0.2) is 5.75 Å². The number of allylic oxidation sites excluding steroid dienone is 2. The molecule has 1 aromatic rings. The minimum absolute atomic E-state index is 0.0640. The van der Waals surface area contributed by atoms with Crippen LogP contribution < -0.4 is 9.47 Å². The van der Waals surface area contributed by atoms with Gasteiger partial charge >= 0.3 is 29.8 Å². The summed E-state index contributed by atoms with van der Waals surface area (Å²) in [6.07, 6.45) is 10.9. The van der Waals surface area contributed by atoms with Gasteiger partial charge in [-0.2, -0.15) is 0 Å². The van der Waals surface area contributed by atoms with Crippen LogP contribution in [0.3, 0.4) is 0 Å². The predicted molar refractivity (Wildman–Crippen MR) is 179 cm³/mol. The van der Waals surface area contributed by atoms with Crippen LogP contribution in [0, 0.1) is 18.8 Å². The number of carboxylic acid groups (broad SMARTS) is 1. The molecule has 1 aliphatic rings. The van der Waals surface area contributed by atoms with Gasteiger partial charge in [-0.3, -0.25) is 19.2 Å². The molecule has 1 N–H and O–H groups in total. The predicted octanol–water partition coefficient (Wildman–Crippen LogP) is 7.21. The number of carbonyl (C=O) groups is 5. The number of carboxylic acids is 1. The lowest BCUT2D eigenvalue weighted by atomic mass is 9.94. The van der Waals surface area contributed by atoms with Crippen molar-refractivity contribution in [2.75, 3.05) is 20.8 Å². The number of rotatable bonds is 23. The third-order valence-corrected chi connectivity index (χ3v) is 8.73. The van der Waals surface area contributed by atoms with Crippen LogP contribution in [0.2, 0.25) is 0 Å². The second-order valence-corrected chi connectivity index (χ2v) is 12.8. The number of ether oxygens (including phenoxy) is 5. The molecule has 11 nitrogen and oxygen atoms in total. The SMILES string of the molecule is COC(=O)CC/C(C)=C/Cc1c(OC)c(C)c2c(c1OC(=O)CCCCOC(=O)C(C)CCCCCCCC(C)CC(=O)O)C(=O)OC2. The number of carbonyl (C=O) groups excluding carboxylic acids is 4. The number of cyclic esters (lactones) is 1. The number of unbranched alkanes of at least 4 members (excludes halogenated alkanes) is 5. The van der Waals surface area contributed by atoms with Gasteiger partial charge in [0.1, 0.15) is 17.9 Å². The van der Waals surface area contributed by atoms with E-state index in [2.05, 4.69) is 0 Å². The lowest BCUT2D eigenvalue weighted by Crippen LogP contribution is -2.16. The van der Waals surface area contributed by atoms with E-state index < -0.39 is 17.9 Å². The molecule has 0 amide bonds. The quantitative estimate of drug-likeness (QED) is 0.0412. The largest absolute Gasteiger partial charge is 0.496 e. The van der Waals surface area contributed by atoms with E-state index in [0.29, 0.717) is 42.6 Å². The van der Waals surface area contributed by atoms with E-state index in [1.165, 1.54) is 14.2 Å². The summed E-state index contributed by atoms with van der Waals surface area (Å²) in [6.45, 7) is 7.82. The van der Waals surface area contributed by atoms with E-state index in [-0.39, 0.29) is 67.6 Å². The van der Waals surface area contributed by atoms with Crippen LogP contribution in [-0.4, -0.2) is 55.8 Å². The van der Waals surface area contributed by atoms with Gasteiger partial charge in [0.05, 0.1) is 26.7 Å². The second-order valence-electron chi connectivity index (χ2n) is 12.8. The summed E-state index contributed by atoms with van der Waals surface area (Å²) < 4.78 is 27.0. The molecule has 0 aliphatic carbocycles. The third kappa shape index (κ3) is 13.3. The molecule has 48 heavy (non-hydrogen) atoms. The first-order chi connectivity index (χ1) is 22.9. The molecule has 11 heteroatoms. The van der Waals surface area contributed by atoms with Crippen molar-refractivity contribution in [2.24, 2.45) is 11.8 Å². The monoisotopic (exact) mass is 674 g/mol. The zero-order chi connectivity index (χ0) is 35.6. The molecule has 0 aromatic heterocycles. The van der Waals surface area contributed by atoms with Crippen molar-refractivity contribution < 1.29 is 52.8 Å². The molecule has 2 unspecified atom stereocenters. The van der Waals surface area contributed by atoms with Crippen LogP contribution in [0.5, 0.6) is 11.5 Å². The molecule has 1 aromatic carbocycles. The summed E-state index contributed by atoms with van der Waals surface area (Å²) in [7, 11) is 2.86. The standard InChI is InChI=1S/C37H54O11/c1-24(18-20-31(40)44-5)17-19-28-34(45-6)27(4)29-23-47-37(43)33(29)35(28)48-32(41)16-12-13-21-46-36(42)26(3)15-11-9-7-8-10-14-25(2)22-30(38)39/h17,25-26H,7-16,18-23H2,1-6H3,(H,38,39)/b24-17+. The molecule has 0 radical (unpaired) electrons. The van der Waals surface area contributed by atoms with Gasteiger partial charge in [0, 0.05) is 30.4 Å². The minimum Gasteiger partial charge on any atom is -0.496 e. The Morgan fingerprint density at radius 2 is 1.58 bits per heavy atom. The number of aliphatic carboxylic acids is 1. The molecule has 268 valence electrons. The Morgan fingerprint density at radius 1 is 0.896 bits per heavy atom. The zero-order valence-electron chi connectivity index (χ0n) is 29.6. The number of methoxy groups -OCH3 is 2. The van der Waals surface area contributed by atoms with Crippen LogP contribution in [0.25, 0.3) is 0 Å². The highest BCUT2D eigenvalue weighted by molar-refractivity contribution is 5.99. The average molecular weight is 675 g/mol. The summed E-state index contributed by atoms with van der Waals surface area (Å²) in [5, 5.41) is 8.84. The maximum atomic E-state index is 13.0. The first-order valence-electron chi connectivity index (χ1n) is 17.1. The Hall–Kier alpha value is -3.89. The number of esters is 4. The molecule has 1 heterocycles. The minimum atomic E-state index is -0.747. The summed E-state index contributed by atoms with van der Waals surface area (Å²) in [4.78, 5) is 60.5. The van der Waals surface area contributed by atoms with Crippen molar-refractivity contribution in [1.82, 2.24) is 0 Å². The van der Waals surface area contributed by atoms with Crippen molar-refractivity contribution in [3.8, 4) is 11.5 Å². The van der Waals surface area contributed by atoms with Crippen molar-refractivity contribution in [3.63, 3.8) is 0 Å². The highest BCUT2D eigenvalue weighted by Crippen LogP contribution is 2.43. The third-order valence-electron chi connectivity index (χ3n) is 8.73. The van der Waals surface area contributed by atoms with Crippen LogP contribution in [0.1, 0.15) is 131 Å². The van der Waals surface area contributed by atoms with Crippen LogP contribution in [0.15, 0.2) is 11.6 Å². The fourth-order valence-electron chi connectivity index (χ4n) is 5.75. The maximum Gasteiger partial charge on any atom is 0.342 e. The molecule has 1 aliphatic heterocycles. The highest BCUT2D eigenvalue weighted by Gasteiger charge is 2.34. The van der Waals surface area contributed by atoms with E-state index >= 15 is 0 Å².